The molecule has 0 spiro atoms. The fourth-order valence-corrected chi connectivity index (χ4v) is 5.79. The number of nitrogens with one attached hydrogen (secondary N) is 2. The van der Waals surface area contributed by atoms with Crippen LogP contribution in [0.2, 0.25) is 0 Å². The van der Waals surface area contributed by atoms with Gasteiger partial charge < -0.3 is 24.7 Å². The van der Waals surface area contributed by atoms with E-state index in [2.05, 4.69) is 9.88 Å². The first-order chi connectivity index (χ1) is 17.5. The first-order valence-electron chi connectivity index (χ1n) is 12.3. The third-order valence-electron chi connectivity index (χ3n) is 7.58. The van der Waals surface area contributed by atoms with Crippen molar-refractivity contribution in [3.8, 4) is 0 Å². The molecule has 188 valence electrons. The lowest BCUT2D eigenvalue weighted by Crippen LogP contribution is -2.99. The summed E-state index contributed by atoms with van der Waals surface area (Å²) in [4.78, 5) is 36.5. The van der Waals surface area contributed by atoms with Crippen molar-refractivity contribution in [1.29, 1.82) is 0 Å². The zero-order valence-electron chi connectivity index (χ0n) is 19.9. The first kappa shape index (κ1) is 23.1. The molecule has 0 saturated carbocycles. The van der Waals surface area contributed by atoms with Crippen LogP contribution < -0.4 is 5.23 Å². The molecule has 10 heteroatoms. The summed E-state index contributed by atoms with van der Waals surface area (Å²) in [5, 5.41) is 21.3. The number of benzene rings is 2. The summed E-state index contributed by atoms with van der Waals surface area (Å²) in [6.07, 6.45) is 0.424. The van der Waals surface area contributed by atoms with Gasteiger partial charge in [0, 0.05) is 61.3 Å². The van der Waals surface area contributed by atoms with Crippen LogP contribution in [0.15, 0.2) is 48.5 Å². The number of amides is 2. The maximum atomic E-state index is 13.8. The summed E-state index contributed by atoms with van der Waals surface area (Å²) < 4.78 is 5.42. The maximum Gasteiger partial charge on any atom is 0.246 e. The minimum absolute atomic E-state index is 0.0182. The van der Waals surface area contributed by atoms with E-state index in [1.54, 1.807) is 21.9 Å². The maximum absolute atomic E-state index is 13.8. The Hall–Kier alpha value is -3.28. The number of aromatic nitrogens is 1. The van der Waals surface area contributed by atoms with Crippen molar-refractivity contribution >= 4 is 28.4 Å². The second kappa shape index (κ2) is 9.30. The summed E-state index contributed by atoms with van der Waals surface area (Å²) in [7, 11) is 0. The van der Waals surface area contributed by atoms with E-state index < -0.39 is 17.3 Å². The number of piperazine rings is 1. The molecule has 1 aromatic heterocycles. The Morgan fingerprint density at radius 2 is 1.89 bits per heavy atom. The molecule has 3 aliphatic rings. The van der Waals surface area contributed by atoms with E-state index in [1.807, 2.05) is 30.3 Å². The number of fused-ring (bicyclic) bond motifs is 4. The smallest absolute Gasteiger partial charge is 0.246 e. The van der Waals surface area contributed by atoms with Crippen LogP contribution in [-0.2, 0) is 20.7 Å². The molecule has 2 fully saturated rings. The molecule has 2 amide bonds. The number of morpholine rings is 1. The van der Waals surface area contributed by atoms with Crippen molar-refractivity contribution in [3.63, 3.8) is 0 Å². The number of aromatic amines is 1. The number of carbonyl (C=O) groups is 2. The number of carbonyl (C=O) groups excluding carboxylic acids is 2. The molecule has 0 aliphatic carbocycles. The van der Waals surface area contributed by atoms with Gasteiger partial charge in [0.25, 0.3) is 0 Å². The Morgan fingerprint density at radius 3 is 2.69 bits per heavy atom. The molecule has 0 bridgehead atoms. The number of hydrogen-bond acceptors (Lipinski definition) is 6. The highest BCUT2D eigenvalue weighted by atomic mass is 16.8. The SMILES string of the molecule is O=C1[C@@H]2Cc3c([nH]c4ccccc34)C(c3cccc([NH+]([O-])O)c3)N2C(=O)CN1CCN1CCOCC1. The normalized spacial score (nSPS) is 23.6. The third-order valence-corrected chi connectivity index (χ3v) is 7.58. The van der Waals surface area contributed by atoms with Crippen LogP contribution in [0, 0.1) is 5.21 Å². The molecule has 2 aromatic carbocycles. The van der Waals surface area contributed by atoms with Gasteiger partial charge in [0.1, 0.15) is 6.04 Å². The predicted molar refractivity (Wildman–Crippen MR) is 131 cm³/mol. The van der Waals surface area contributed by atoms with E-state index in [9.17, 15) is 20.0 Å². The van der Waals surface area contributed by atoms with Crippen molar-refractivity contribution in [2.45, 2.75) is 18.5 Å². The Bertz CT molecular complexity index is 1300. The molecule has 10 nitrogen and oxygen atoms in total. The van der Waals surface area contributed by atoms with Crippen LogP contribution in [0.25, 0.3) is 10.9 Å². The number of rotatable bonds is 5. The standard InChI is InChI=1S/C26H29N5O5/c32-23-16-29(9-8-28-10-12-36-13-11-28)26(33)22-15-20-19-6-1-2-7-21(19)27-24(20)25(30(22)23)17-4-3-5-18(14-17)31(34)35/h1-7,14,22,25,27,31,34H,8-13,15-16H2/t22-,25?/m0/s1. The van der Waals surface area contributed by atoms with Crippen molar-refractivity contribution in [3.05, 3.63) is 70.6 Å². The zero-order valence-corrected chi connectivity index (χ0v) is 19.9. The van der Waals surface area contributed by atoms with Crippen LogP contribution in [0.5, 0.6) is 0 Å². The summed E-state index contributed by atoms with van der Waals surface area (Å²) >= 11 is 0. The van der Waals surface area contributed by atoms with E-state index >= 15 is 0 Å². The average Bonchev–Trinajstić information content (AvgIpc) is 3.28. The van der Waals surface area contributed by atoms with Gasteiger partial charge in [-0.3, -0.25) is 14.5 Å². The van der Waals surface area contributed by atoms with Gasteiger partial charge in [-0.2, -0.15) is 5.23 Å². The third kappa shape index (κ3) is 3.97. The van der Waals surface area contributed by atoms with Crippen LogP contribution in [0.1, 0.15) is 22.9 Å². The molecule has 2 saturated heterocycles. The van der Waals surface area contributed by atoms with Gasteiger partial charge >= 0.3 is 0 Å². The van der Waals surface area contributed by atoms with E-state index in [-0.39, 0.29) is 24.0 Å². The summed E-state index contributed by atoms with van der Waals surface area (Å²) in [5.41, 5.74) is 3.61. The largest absolute Gasteiger partial charge is 0.595 e. The quantitative estimate of drug-likeness (QED) is 0.450. The Balaban J connectivity index is 1.38. The van der Waals surface area contributed by atoms with Gasteiger partial charge in [-0.15, -0.1) is 0 Å². The van der Waals surface area contributed by atoms with Crippen molar-refractivity contribution in [2.24, 2.45) is 0 Å². The van der Waals surface area contributed by atoms with Gasteiger partial charge in [-0.05, 0) is 17.2 Å². The molecule has 3 aromatic rings. The molecule has 36 heavy (non-hydrogen) atoms. The monoisotopic (exact) mass is 491 g/mol. The molecule has 3 aliphatic heterocycles. The van der Waals surface area contributed by atoms with Gasteiger partial charge in [0.15, 0.2) is 5.69 Å². The van der Waals surface area contributed by atoms with Crippen LogP contribution in [0.4, 0.5) is 5.69 Å². The zero-order chi connectivity index (χ0) is 24.8. The summed E-state index contributed by atoms with van der Waals surface area (Å²) in [5.74, 6) is -0.185. The molecular formula is C26H29N5O5. The fourth-order valence-electron chi connectivity index (χ4n) is 5.79. The molecule has 3 atom stereocenters. The van der Waals surface area contributed by atoms with Gasteiger partial charge in [-0.1, -0.05) is 30.3 Å². The number of hydrogen-bond donors (Lipinski definition) is 3. The van der Waals surface area contributed by atoms with Gasteiger partial charge in [-0.25, -0.2) is 5.21 Å². The minimum Gasteiger partial charge on any atom is -0.595 e. The minimum atomic E-state index is -1.03. The number of quaternary nitrogens is 1. The number of ether oxygens (including phenoxy) is 1. The number of nitrogens with zero attached hydrogens (tertiary/aromatic N) is 3. The highest BCUT2D eigenvalue weighted by Crippen LogP contribution is 2.42. The molecule has 2 unspecified atom stereocenters. The fraction of sp³-hybridized carbons (Fsp3) is 0.385. The van der Waals surface area contributed by atoms with Crippen LogP contribution in [-0.4, -0.2) is 88.7 Å². The topological polar surface area (TPSA) is 117 Å². The highest BCUT2D eigenvalue weighted by molar-refractivity contribution is 5.97. The Kier molecular flexibility index (Phi) is 5.98. The molecule has 6 rings (SSSR count). The van der Waals surface area contributed by atoms with Crippen molar-refractivity contribution in [2.75, 3.05) is 45.9 Å². The lowest BCUT2D eigenvalue weighted by Gasteiger charge is -2.47. The Labute approximate surface area is 208 Å². The van der Waals surface area contributed by atoms with Crippen LogP contribution >= 0.6 is 0 Å². The second-order valence-corrected chi connectivity index (χ2v) is 9.63. The van der Waals surface area contributed by atoms with Crippen molar-refractivity contribution < 1.29 is 24.8 Å². The number of para-hydroxylation sites is 1. The molecule has 0 radical (unpaired) electrons. The van der Waals surface area contributed by atoms with E-state index in [4.69, 9.17) is 4.74 Å². The summed E-state index contributed by atoms with van der Waals surface area (Å²) in [6.45, 7) is 4.24. The average molecular weight is 492 g/mol. The lowest BCUT2D eigenvalue weighted by molar-refractivity contribution is -0.991. The molecular weight excluding hydrogens is 462 g/mol. The van der Waals surface area contributed by atoms with Crippen LogP contribution in [0.3, 0.4) is 0 Å². The van der Waals surface area contributed by atoms with E-state index in [0.717, 1.165) is 35.2 Å². The van der Waals surface area contributed by atoms with Gasteiger partial charge in [0.2, 0.25) is 11.8 Å². The number of H-pyrrole nitrogens is 1. The second-order valence-electron chi connectivity index (χ2n) is 9.63. The molecule has 3 N–H and O–H groups in total. The van der Waals surface area contributed by atoms with E-state index in [1.165, 1.54) is 6.07 Å². The first-order valence-corrected chi connectivity index (χ1v) is 12.3. The van der Waals surface area contributed by atoms with Gasteiger partial charge in [0.05, 0.1) is 25.8 Å². The Morgan fingerprint density at radius 1 is 1.08 bits per heavy atom. The lowest BCUT2D eigenvalue weighted by atomic mass is 9.86. The van der Waals surface area contributed by atoms with E-state index in [0.29, 0.717) is 38.3 Å². The highest BCUT2D eigenvalue weighted by Gasteiger charge is 2.48. The summed E-state index contributed by atoms with van der Waals surface area (Å²) in [6, 6.07) is 13.4. The predicted octanol–water partition coefficient (Wildman–Crippen LogP) is 0.588. The molecule has 4 heterocycles. The van der Waals surface area contributed by atoms with Crippen molar-refractivity contribution in [1.82, 2.24) is 19.7 Å².